The number of nitrogen functional groups attached to an aromatic ring is 1. The van der Waals surface area contributed by atoms with Gasteiger partial charge in [0, 0.05) is 11.1 Å². The molecule has 0 aromatic carbocycles. The van der Waals surface area contributed by atoms with Crippen molar-refractivity contribution < 1.29 is 29.9 Å². The van der Waals surface area contributed by atoms with Crippen LogP contribution in [0.4, 0.5) is 5.13 Å². The van der Waals surface area contributed by atoms with Gasteiger partial charge in [-0.25, -0.2) is 9.99 Å². The highest BCUT2D eigenvalue weighted by atomic mass is 32.2. The molecule has 1 aromatic rings. The number of allylic oxidation sites excluding steroid dienone is 3. The molecule has 0 radical (unpaired) electrons. The molecule has 0 unspecified atom stereocenters. The maximum atomic E-state index is 13.0. The first-order valence-corrected chi connectivity index (χ1v) is 12.3. The molecule has 0 spiro atoms. The lowest BCUT2D eigenvalue weighted by Gasteiger charge is -2.50. The van der Waals surface area contributed by atoms with E-state index in [1.165, 1.54) is 23.8 Å². The van der Waals surface area contributed by atoms with Crippen molar-refractivity contribution in [2.45, 2.75) is 11.4 Å². The largest absolute Gasteiger partial charge is 0.543 e. The van der Waals surface area contributed by atoms with Gasteiger partial charge in [0.2, 0.25) is 0 Å². The van der Waals surface area contributed by atoms with Crippen molar-refractivity contribution >= 4 is 51.7 Å². The van der Waals surface area contributed by atoms with Gasteiger partial charge in [-0.2, -0.15) is 5.01 Å². The number of nitrogens with one attached hydrogen (secondary N) is 1. The van der Waals surface area contributed by atoms with Crippen LogP contribution in [-0.2, 0) is 19.2 Å². The van der Waals surface area contributed by atoms with Crippen LogP contribution in [0.5, 0.6) is 0 Å². The molecule has 2 atom stereocenters. The summed E-state index contributed by atoms with van der Waals surface area (Å²) < 4.78 is 0. The van der Waals surface area contributed by atoms with E-state index >= 15 is 0 Å². The van der Waals surface area contributed by atoms with Crippen LogP contribution in [0.25, 0.3) is 0 Å². The lowest BCUT2D eigenvalue weighted by atomic mass is 10.0. The van der Waals surface area contributed by atoms with Gasteiger partial charge in [0.05, 0.1) is 30.6 Å². The van der Waals surface area contributed by atoms with Crippen LogP contribution in [0.15, 0.2) is 58.1 Å². The predicted molar refractivity (Wildman–Crippen MR) is 124 cm³/mol. The molecule has 1 aromatic heterocycles. The van der Waals surface area contributed by atoms with Gasteiger partial charge < -0.3 is 25.8 Å². The Bertz CT molecular complexity index is 1250. The van der Waals surface area contributed by atoms with E-state index in [1.807, 2.05) is 46.2 Å². The Labute approximate surface area is 207 Å². The number of β-lactam (4-membered cyclic amide) rings is 1. The summed E-state index contributed by atoms with van der Waals surface area (Å²) in [4.78, 5) is 47.8. The van der Waals surface area contributed by atoms with Crippen LogP contribution >= 0.6 is 23.1 Å². The molecule has 0 aliphatic carbocycles. The molecule has 1 saturated heterocycles. The number of fused-ring (bicyclic) bond motifs is 2. The molecule has 5 N–H and O–H groups in total. The normalized spacial score (nSPS) is 23.1. The van der Waals surface area contributed by atoms with Gasteiger partial charge in [0.1, 0.15) is 29.9 Å². The zero-order valence-corrected chi connectivity index (χ0v) is 19.9. The lowest BCUT2D eigenvalue weighted by Crippen LogP contribution is -2.96. The van der Waals surface area contributed by atoms with Gasteiger partial charge in [-0.1, -0.05) is 11.2 Å². The molecule has 5 rings (SSSR count). The minimum Gasteiger partial charge on any atom is -0.543 e. The number of amides is 2. The third-order valence-electron chi connectivity index (χ3n) is 5.56. The smallest absolute Gasteiger partial charge is 0.276 e. The molecule has 1 fully saturated rings. The molecule has 4 aliphatic rings. The molecular weight excluding hydrogens is 496 g/mol. The van der Waals surface area contributed by atoms with Gasteiger partial charge >= 0.3 is 0 Å². The summed E-state index contributed by atoms with van der Waals surface area (Å²) in [5.41, 5.74) is 8.89. The molecule has 5 heterocycles. The number of carbonyl (C=O) groups excluding carboxylic acids is 3. The number of anilines is 1. The number of carboxylic acids is 1. The van der Waals surface area contributed by atoms with Crippen LogP contribution < -0.4 is 21.7 Å². The van der Waals surface area contributed by atoms with Gasteiger partial charge in [-0.05, 0) is 17.7 Å². The van der Waals surface area contributed by atoms with Gasteiger partial charge in [0.15, 0.2) is 10.8 Å². The number of nitrogens with zero attached hydrogens (tertiary/aromatic N) is 5. The SMILES string of the molecule is CO/N=C(\C(=O)N[C@@H]1C(=O)N2C(C(=O)[O-])=C(CN3C=C4C=CC=CN4[NH2+]3)CS[C@H]12)c1csc(N)n1. The first-order valence-electron chi connectivity index (χ1n) is 10.3. The molecule has 13 nitrogen and oxygen atoms in total. The van der Waals surface area contributed by atoms with E-state index in [0.29, 0.717) is 11.3 Å². The molecule has 4 aliphatic heterocycles. The number of carboxylic acid groups (broad SMARTS) is 1. The Kier molecular flexibility index (Phi) is 5.96. The molecule has 15 heteroatoms. The second kappa shape index (κ2) is 9.09. The second-order valence-electron chi connectivity index (χ2n) is 7.74. The number of hydrogen-bond acceptors (Lipinski definition) is 12. The summed E-state index contributed by atoms with van der Waals surface area (Å²) in [5.74, 6) is -2.32. The summed E-state index contributed by atoms with van der Waals surface area (Å²) >= 11 is 2.49. The fourth-order valence-corrected chi connectivity index (χ4v) is 5.93. The van der Waals surface area contributed by atoms with E-state index < -0.39 is 29.2 Å². The second-order valence-corrected chi connectivity index (χ2v) is 9.74. The molecule has 2 amide bonds. The highest BCUT2D eigenvalue weighted by Crippen LogP contribution is 2.40. The Morgan fingerprint density at radius 3 is 2.94 bits per heavy atom. The Hall–Kier alpha value is -3.82. The molecule has 0 bridgehead atoms. The fraction of sp³-hybridized carbons (Fsp3) is 0.250. The number of thioether (sulfide) groups is 1. The minimum atomic E-state index is -1.44. The van der Waals surface area contributed by atoms with Crippen molar-refractivity contribution in [3.63, 3.8) is 0 Å². The van der Waals surface area contributed by atoms with Crippen LogP contribution in [0.2, 0.25) is 0 Å². The van der Waals surface area contributed by atoms with Gasteiger partial charge in [0.25, 0.3) is 11.8 Å². The van der Waals surface area contributed by atoms with Crippen molar-refractivity contribution in [2.75, 3.05) is 25.1 Å². The Balaban J connectivity index is 1.31. The first kappa shape index (κ1) is 22.9. The monoisotopic (exact) mass is 516 g/mol. The number of hydrogen-bond donors (Lipinski definition) is 3. The number of quaternary nitrogens is 1. The number of nitrogens with two attached hydrogens (primary N) is 2. The third-order valence-corrected chi connectivity index (χ3v) is 7.57. The van der Waals surface area contributed by atoms with Gasteiger partial charge in [-0.15, -0.1) is 28.6 Å². The summed E-state index contributed by atoms with van der Waals surface area (Å²) in [5, 5.41) is 23.3. The van der Waals surface area contributed by atoms with Crippen molar-refractivity contribution in [3.8, 4) is 0 Å². The highest BCUT2D eigenvalue weighted by molar-refractivity contribution is 8.00. The molecule has 35 heavy (non-hydrogen) atoms. The topological polar surface area (TPSA) is 173 Å². The van der Waals surface area contributed by atoms with Crippen molar-refractivity contribution in [3.05, 3.63) is 58.7 Å². The van der Waals surface area contributed by atoms with Crippen molar-refractivity contribution in [2.24, 2.45) is 5.16 Å². The minimum absolute atomic E-state index is 0.138. The lowest BCUT2D eigenvalue weighted by molar-refractivity contribution is -0.885. The zero-order valence-electron chi connectivity index (χ0n) is 18.3. The van der Waals surface area contributed by atoms with E-state index in [9.17, 15) is 19.5 Å². The zero-order chi connectivity index (χ0) is 24.7. The van der Waals surface area contributed by atoms with Gasteiger partial charge in [-0.3, -0.25) is 14.5 Å². The van der Waals surface area contributed by atoms with E-state index in [0.717, 1.165) is 17.0 Å². The quantitative estimate of drug-likeness (QED) is 0.151. The average Bonchev–Trinajstić information content (AvgIpc) is 3.45. The van der Waals surface area contributed by atoms with Crippen LogP contribution in [0.1, 0.15) is 5.69 Å². The summed E-state index contributed by atoms with van der Waals surface area (Å²) in [6.45, 7) is 0.279. The average molecular weight is 517 g/mol. The Morgan fingerprint density at radius 1 is 1.43 bits per heavy atom. The predicted octanol–water partition coefficient (Wildman–Crippen LogP) is -2.58. The Morgan fingerprint density at radius 2 is 2.26 bits per heavy atom. The summed E-state index contributed by atoms with van der Waals surface area (Å²) in [6.07, 6.45) is 9.51. The number of aliphatic carboxylic acids is 1. The van der Waals surface area contributed by atoms with Crippen LogP contribution in [-0.4, -0.2) is 74.2 Å². The number of carbonyl (C=O) groups is 3. The molecule has 0 saturated carbocycles. The fourth-order valence-electron chi connectivity index (χ4n) is 4.05. The highest BCUT2D eigenvalue weighted by Gasteiger charge is 2.53. The van der Waals surface area contributed by atoms with E-state index in [1.54, 1.807) is 5.38 Å². The van der Waals surface area contributed by atoms with Crippen molar-refractivity contribution in [1.29, 1.82) is 0 Å². The molecular formula is C20H20N8O5S2. The van der Waals surface area contributed by atoms with E-state index in [2.05, 4.69) is 15.5 Å². The van der Waals surface area contributed by atoms with Crippen LogP contribution in [0.3, 0.4) is 0 Å². The van der Waals surface area contributed by atoms with Crippen molar-refractivity contribution in [1.82, 2.24) is 25.2 Å². The van der Waals surface area contributed by atoms with E-state index in [4.69, 9.17) is 10.6 Å². The number of rotatable bonds is 7. The maximum Gasteiger partial charge on any atom is 0.276 e. The third kappa shape index (κ3) is 4.13. The standard InChI is InChI=1S/C20H20N8O5S2/c1-33-24-13(12-9-35-20(21)22-12)16(29)23-14-17(30)28-15(19(31)32)10(8-34-18(14)28)6-26-7-11-4-2-3-5-27(11)25-26/h2-5,7,9,14,18,25H,6,8H2,1H3,(H2,21,22)(H,23,29)(H,31,32)/b24-13-/t14-,18-/m1/s1. The molecule has 182 valence electrons. The van der Waals surface area contributed by atoms with Crippen LogP contribution in [0, 0.1) is 0 Å². The number of aromatic nitrogens is 1. The summed E-state index contributed by atoms with van der Waals surface area (Å²) in [7, 11) is 1.28. The number of oxime groups is 1. The van der Waals surface area contributed by atoms with E-state index in [-0.39, 0.29) is 28.8 Å². The maximum absolute atomic E-state index is 13.0. The summed E-state index contributed by atoms with van der Waals surface area (Å²) in [6, 6.07) is -0.939. The number of thiazole rings is 1. The first-order chi connectivity index (χ1) is 16.9.